The predicted octanol–water partition coefficient (Wildman–Crippen LogP) is 1.74. The van der Waals surface area contributed by atoms with E-state index in [0.29, 0.717) is 12.3 Å². The Morgan fingerprint density at radius 1 is 1.20 bits per heavy atom. The van der Waals surface area contributed by atoms with Gasteiger partial charge in [0.2, 0.25) is 0 Å². The number of benzene rings is 1. The third kappa shape index (κ3) is 3.39. The van der Waals surface area contributed by atoms with Gasteiger partial charge in [0, 0.05) is 5.97 Å². The van der Waals surface area contributed by atoms with Crippen LogP contribution in [0.4, 0.5) is 0 Å². The van der Waals surface area contributed by atoms with E-state index in [-0.39, 0.29) is 0 Å². The number of carbonyl (C=O) groups excluding carboxylic acids is 1. The van der Waals surface area contributed by atoms with E-state index in [1.807, 2.05) is 12.1 Å². The largest absolute Gasteiger partial charge is 0.550 e. The molecular weight excluding hydrogens is 188 g/mol. The van der Waals surface area contributed by atoms with Crippen LogP contribution in [0.2, 0.25) is 0 Å². The van der Waals surface area contributed by atoms with Gasteiger partial charge in [0.1, 0.15) is 0 Å². The molecule has 2 heteroatoms. The van der Waals surface area contributed by atoms with Crippen LogP contribution in [-0.4, -0.2) is 5.97 Å². The Hall–Kier alpha value is -1.31. The van der Waals surface area contributed by atoms with E-state index >= 15 is 0 Å². The Bertz CT molecular complexity index is 325. The molecule has 0 aromatic heterocycles. The second kappa shape index (κ2) is 4.96. The topological polar surface area (TPSA) is 40.1 Å². The zero-order chi connectivity index (χ0) is 11.4. The van der Waals surface area contributed by atoms with Gasteiger partial charge in [-0.25, -0.2) is 0 Å². The number of aliphatic carboxylic acids is 1. The van der Waals surface area contributed by atoms with Crippen LogP contribution in [0, 0.1) is 5.92 Å². The van der Waals surface area contributed by atoms with Crippen molar-refractivity contribution in [2.45, 2.75) is 33.1 Å². The molecule has 0 aliphatic heterocycles. The zero-order valence-corrected chi connectivity index (χ0v) is 9.49. The molecule has 82 valence electrons. The van der Waals surface area contributed by atoms with Gasteiger partial charge >= 0.3 is 0 Å². The molecule has 0 amide bonds. The summed E-state index contributed by atoms with van der Waals surface area (Å²) in [6, 6.07) is 8.10. The molecule has 2 nitrogen and oxygen atoms in total. The average molecular weight is 205 g/mol. The standard InChI is InChI=1S/C13H18O2/c1-9(2)12-6-4-11(5-7-12)8-10(3)13(14)15/h4-7,9-10H,8H2,1-3H3,(H,14,15)/p-1/t10-/m1/s1. The highest BCUT2D eigenvalue weighted by Crippen LogP contribution is 2.16. The van der Waals surface area contributed by atoms with Gasteiger partial charge in [0.05, 0.1) is 0 Å². The van der Waals surface area contributed by atoms with Gasteiger partial charge in [-0.15, -0.1) is 0 Å². The third-order valence-corrected chi connectivity index (χ3v) is 2.59. The molecule has 1 rings (SSSR count). The monoisotopic (exact) mass is 205 g/mol. The number of hydrogen-bond donors (Lipinski definition) is 0. The fourth-order valence-electron chi connectivity index (χ4n) is 1.48. The molecule has 0 unspecified atom stereocenters. The summed E-state index contributed by atoms with van der Waals surface area (Å²) in [5, 5.41) is 10.6. The van der Waals surface area contributed by atoms with E-state index in [1.54, 1.807) is 6.92 Å². The lowest BCUT2D eigenvalue weighted by Crippen LogP contribution is -2.30. The van der Waals surface area contributed by atoms with E-state index in [4.69, 9.17) is 0 Å². The summed E-state index contributed by atoms with van der Waals surface area (Å²) < 4.78 is 0. The average Bonchev–Trinajstić information content (AvgIpc) is 2.18. The lowest BCUT2D eigenvalue weighted by atomic mass is 9.97. The smallest absolute Gasteiger partial charge is 0.0445 e. The van der Waals surface area contributed by atoms with Gasteiger partial charge in [-0.2, -0.15) is 0 Å². The Kier molecular flexibility index (Phi) is 3.89. The van der Waals surface area contributed by atoms with Crippen LogP contribution >= 0.6 is 0 Å². The van der Waals surface area contributed by atoms with Crippen LogP contribution in [0.5, 0.6) is 0 Å². The molecule has 1 aromatic rings. The second-order valence-electron chi connectivity index (χ2n) is 4.32. The van der Waals surface area contributed by atoms with Crippen molar-refractivity contribution >= 4 is 5.97 Å². The summed E-state index contributed by atoms with van der Waals surface area (Å²) in [5.74, 6) is -0.893. The number of carboxylic acids is 1. The Labute approximate surface area is 90.9 Å². The zero-order valence-electron chi connectivity index (χ0n) is 9.49. The molecule has 0 heterocycles. The highest BCUT2D eigenvalue weighted by molar-refractivity contribution is 5.67. The molecule has 1 aromatic carbocycles. The molecular formula is C13H17O2-. The second-order valence-corrected chi connectivity index (χ2v) is 4.32. The number of hydrogen-bond acceptors (Lipinski definition) is 2. The lowest BCUT2D eigenvalue weighted by molar-refractivity contribution is -0.310. The minimum Gasteiger partial charge on any atom is -0.550 e. The van der Waals surface area contributed by atoms with Crippen molar-refractivity contribution in [1.29, 1.82) is 0 Å². The van der Waals surface area contributed by atoms with E-state index in [1.165, 1.54) is 5.56 Å². The van der Waals surface area contributed by atoms with Crippen molar-refractivity contribution in [3.8, 4) is 0 Å². The van der Waals surface area contributed by atoms with Crippen LogP contribution in [-0.2, 0) is 11.2 Å². The first-order valence-corrected chi connectivity index (χ1v) is 5.30. The van der Waals surface area contributed by atoms with Crippen LogP contribution in [0.25, 0.3) is 0 Å². The van der Waals surface area contributed by atoms with Crippen molar-refractivity contribution in [1.82, 2.24) is 0 Å². The maximum Gasteiger partial charge on any atom is 0.0445 e. The van der Waals surface area contributed by atoms with Crippen molar-refractivity contribution in [3.63, 3.8) is 0 Å². The molecule has 0 radical (unpaired) electrons. The highest BCUT2D eigenvalue weighted by Gasteiger charge is 2.05. The van der Waals surface area contributed by atoms with Gasteiger partial charge in [0.15, 0.2) is 0 Å². The van der Waals surface area contributed by atoms with Gasteiger partial charge in [0.25, 0.3) is 0 Å². The molecule has 15 heavy (non-hydrogen) atoms. The van der Waals surface area contributed by atoms with Crippen molar-refractivity contribution < 1.29 is 9.90 Å². The molecule has 0 aliphatic rings. The molecule has 1 atom stereocenters. The maximum absolute atomic E-state index is 10.6. The molecule has 0 spiro atoms. The maximum atomic E-state index is 10.6. The summed E-state index contributed by atoms with van der Waals surface area (Å²) in [5.41, 5.74) is 2.33. The van der Waals surface area contributed by atoms with Crippen LogP contribution < -0.4 is 5.11 Å². The summed E-state index contributed by atoms with van der Waals surface area (Å²) in [7, 11) is 0. The highest BCUT2D eigenvalue weighted by atomic mass is 16.4. The first-order valence-electron chi connectivity index (χ1n) is 5.30. The Balaban J connectivity index is 2.68. The Morgan fingerprint density at radius 3 is 2.13 bits per heavy atom. The van der Waals surface area contributed by atoms with E-state index < -0.39 is 11.9 Å². The van der Waals surface area contributed by atoms with Crippen LogP contribution in [0.15, 0.2) is 24.3 Å². The summed E-state index contributed by atoms with van der Waals surface area (Å²) >= 11 is 0. The summed E-state index contributed by atoms with van der Waals surface area (Å²) in [4.78, 5) is 10.6. The van der Waals surface area contributed by atoms with Gasteiger partial charge in [-0.1, -0.05) is 45.0 Å². The summed E-state index contributed by atoms with van der Waals surface area (Å²) in [6.45, 7) is 5.95. The predicted molar refractivity (Wildman–Crippen MR) is 58.4 cm³/mol. The van der Waals surface area contributed by atoms with E-state index in [9.17, 15) is 9.90 Å². The van der Waals surface area contributed by atoms with Crippen LogP contribution in [0.3, 0.4) is 0 Å². The number of carboxylic acid groups (broad SMARTS) is 1. The first kappa shape index (κ1) is 11.8. The van der Waals surface area contributed by atoms with Gasteiger partial charge in [-0.3, -0.25) is 0 Å². The lowest BCUT2D eigenvalue weighted by Gasteiger charge is -2.13. The summed E-state index contributed by atoms with van der Waals surface area (Å²) in [6.07, 6.45) is 0.542. The van der Waals surface area contributed by atoms with Gasteiger partial charge in [-0.05, 0) is 29.4 Å². The molecule has 0 saturated heterocycles. The molecule has 0 aliphatic carbocycles. The van der Waals surface area contributed by atoms with Crippen LogP contribution in [0.1, 0.15) is 37.8 Å². The molecule has 0 saturated carbocycles. The molecule has 0 bridgehead atoms. The minimum atomic E-state index is -0.983. The molecule has 0 N–H and O–H groups in total. The van der Waals surface area contributed by atoms with E-state index in [0.717, 1.165) is 5.56 Å². The van der Waals surface area contributed by atoms with Crippen molar-refractivity contribution in [2.75, 3.05) is 0 Å². The normalized spacial score (nSPS) is 12.8. The van der Waals surface area contributed by atoms with Crippen molar-refractivity contribution in [3.05, 3.63) is 35.4 Å². The fourth-order valence-corrected chi connectivity index (χ4v) is 1.48. The first-order chi connectivity index (χ1) is 7.00. The fraction of sp³-hybridized carbons (Fsp3) is 0.462. The SMILES string of the molecule is CC(C)c1ccc(C[C@@H](C)C(=O)[O-])cc1. The number of rotatable bonds is 4. The minimum absolute atomic E-state index is 0.421. The Morgan fingerprint density at radius 2 is 1.73 bits per heavy atom. The third-order valence-electron chi connectivity index (χ3n) is 2.59. The number of carbonyl (C=O) groups is 1. The quantitative estimate of drug-likeness (QED) is 0.751. The van der Waals surface area contributed by atoms with Gasteiger partial charge < -0.3 is 9.90 Å². The molecule has 0 fully saturated rings. The van der Waals surface area contributed by atoms with E-state index in [2.05, 4.69) is 26.0 Å². The van der Waals surface area contributed by atoms with Crippen molar-refractivity contribution in [2.24, 2.45) is 5.92 Å².